The molecule has 0 aromatic carbocycles. The Morgan fingerprint density at radius 2 is 1.60 bits per heavy atom. The highest BCUT2D eigenvalue weighted by molar-refractivity contribution is 4.79. The largest absolute Gasteiger partial charge is 0.329 e. The lowest BCUT2D eigenvalue weighted by Gasteiger charge is -2.34. The zero-order valence-electron chi connectivity index (χ0n) is 10.8. The van der Waals surface area contributed by atoms with Gasteiger partial charge in [-0.25, -0.2) is 0 Å². The van der Waals surface area contributed by atoms with Crippen LogP contribution in [0, 0.1) is 5.41 Å². The summed E-state index contributed by atoms with van der Waals surface area (Å²) in [7, 11) is 0. The van der Waals surface area contributed by atoms with Gasteiger partial charge in [-0.3, -0.25) is 4.90 Å². The molecule has 1 aliphatic heterocycles. The van der Waals surface area contributed by atoms with Crippen molar-refractivity contribution in [1.29, 1.82) is 0 Å². The third-order valence-electron chi connectivity index (χ3n) is 3.28. The fraction of sp³-hybridized carbons (Fsp3) is 1.00. The van der Waals surface area contributed by atoms with Crippen molar-refractivity contribution in [3.05, 3.63) is 0 Å². The molecule has 90 valence electrons. The maximum atomic E-state index is 5.92. The molecule has 0 aliphatic carbocycles. The molecule has 2 nitrogen and oxygen atoms in total. The molecule has 0 amide bonds. The first-order chi connectivity index (χ1) is 7.03. The van der Waals surface area contributed by atoms with Crippen molar-refractivity contribution in [2.75, 3.05) is 19.6 Å². The predicted octanol–water partition coefficient (Wildman–Crippen LogP) is 2.63. The Morgan fingerprint density at radius 3 is 2.00 bits per heavy atom. The average Bonchev–Trinajstić information content (AvgIpc) is 2.40. The van der Waals surface area contributed by atoms with Crippen LogP contribution in [-0.4, -0.2) is 30.6 Å². The van der Waals surface area contributed by atoms with Crippen LogP contribution in [0.25, 0.3) is 0 Å². The highest BCUT2D eigenvalue weighted by Gasteiger charge is 2.23. The van der Waals surface area contributed by atoms with Crippen LogP contribution in [0.3, 0.4) is 0 Å². The molecule has 15 heavy (non-hydrogen) atoms. The van der Waals surface area contributed by atoms with Gasteiger partial charge in [-0.15, -0.1) is 0 Å². The van der Waals surface area contributed by atoms with E-state index in [1.807, 2.05) is 0 Å². The van der Waals surface area contributed by atoms with Crippen LogP contribution in [0.5, 0.6) is 0 Å². The Kier molecular flexibility index (Phi) is 5.07. The van der Waals surface area contributed by atoms with Crippen molar-refractivity contribution in [3.8, 4) is 0 Å². The summed E-state index contributed by atoms with van der Waals surface area (Å²) in [6.07, 6.45) is 6.76. The molecule has 0 aromatic rings. The summed E-state index contributed by atoms with van der Waals surface area (Å²) in [5, 5.41) is 0. The first-order valence-electron chi connectivity index (χ1n) is 6.47. The Labute approximate surface area is 95.2 Å². The van der Waals surface area contributed by atoms with Gasteiger partial charge in [-0.1, -0.05) is 33.6 Å². The lowest BCUT2D eigenvalue weighted by atomic mass is 9.87. The summed E-state index contributed by atoms with van der Waals surface area (Å²) in [5.41, 5.74) is 6.32. The molecule has 1 aliphatic rings. The molecule has 0 aromatic heterocycles. The van der Waals surface area contributed by atoms with Crippen molar-refractivity contribution >= 4 is 0 Å². The molecule has 0 bridgehead atoms. The molecule has 2 heteroatoms. The standard InChI is InChI=1S/C13H28N2/c1-13(2,3)10-12(11-14)15-8-6-4-5-7-9-15/h12H,4-11,14H2,1-3H3. The second-order valence-corrected chi connectivity index (χ2v) is 6.10. The summed E-state index contributed by atoms with van der Waals surface area (Å²) in [4.78, 5) is 2.62. The zero-order chi connectivity index (χ0) is 11.3. The summed E-state index contributed by atoms with van der Waals surface area (Å²) in [5.74, 6) is 0. The number of rotatable bonds is 3. The molecular formula is C13H28N2. The van der Waals surface area contributed by atoms with E-state index in [0.29, 0.717) is 11.5 Å². The normalized spacial score (nSPS) is 22.4. The van der Waals surface area contributed by atoms with E-state index in [4.69, 9.17) is 5.73 Å². The molecular weight excluding hydrogens is 184 g/mol. The van der Waals surface area contributed by atoms with Gasteiger partial charge in [0.05, 0.1) is 0 Å². The Balaban J connectivity index is 2.48. The summed E-state index contributed by atoms with van der Waals surface area (Å²) in [6, 6.07) is 0.600. The van der Waals surface area contributed by atoms with Gasteiger partial charge in [0, 0.05) is 12.6 Å². The Morgan fingerprint density at radius 1 is 1.07 bits per heavy atom. The van der Waals surface area contributed by atoms with Crippen LogP contribution in [0.1, 0.15) is 52.9 Å². The minimum absolute atomic E-state index is 0.399. The molecule has 1 heterocycles. The third kappa shape index (κ3) is 4.98. The minimum Gasteiger partial charge on any atom is -0.329 e. The second-order valence-electron chi connectivity index (χ2n) is 6.10. The number of nitrogens with zero attached hydrogens (tertiary/aromatic N) is 1. The smallest absolute Gasteiger partial charge is 0.0223 e. The predicted molar refractivity (Wildman–Crippen MR) is 67.0 cm³/mol. The lowest BCUT2D eigenvalue weighted by molar-refractivity contribution is 0.157. The zero-order valence-corrected chi connectivity index (χ0v) is 10.8. The molecule has 1 atom stereocenters. The Bertz CT molecular complexity index is 164. The molecule has 0 radical (unpaired) electrons. The first kappa shape index (κ1) is 13.0. The van der Waals surface area contributed by atoms with E-state index in [2.05, 4.69) is 25.7 Å². The maximum absolute atomic E-state index is 5.92. The highest BCUT2D eigenvalue weighted by atomic mass is 15.2. The van der Waals surface area contributed by atoms with Crippen molar-refractivity contribution in [1.82, 2.24) is 4.90 Å². The third-order valence-corrected chi connectivity index (χ3v) is 3.28. The molecule has 0 spiro atoms. The van der Waals surface area contributed by atoms with Crippen LogP contribution in [0.15, 0.2) is 0 Å². The van der Waals surface area contributed by atoms with Crippen LogP contribution < -0.4 is 5.73 Å². The van der Waals surface area contributed by atoms with Crippen molar-refractivity contribution in [2.24, 2.45) is 11.1 Å². The van der Waals surface area contributed by atoms with Crippen LogP contribution in [-0.2, 0) is 0 Å². The van der Waals surface area contributed by atoms with E-state index >= 15 is 0 Å². The lowest BCUT2D eigenvalue weighted by Crippen LogP contribution is -2.43. The molecule has 1 unspecified atom stereocenters. The quantitative estimate of drug-likeness (QED) is 0.779. The van der Waals surface area contributed by atoms with Crippen LogP contribution >= 0.6 is 0 Å². The number of likely N-dealkylation sites (tertiary alicyclic amines) is 1. The molecule has 1 rings (SSSR count). The summed E-state index contributed by atoms with van der Waals surface area (Å²) < 4.78 is 0. The number of hydrogen-bond donors (Lipinski definition) is 1. The van der Waals surface area contributed by atoms with Gasteiger partial charge in [-0.05, 0) is 37.8 Å². The maximum Gasteiger partial charge on any atom is 0.0223 e. The van der Waals surface area contributed by atoms with E-state index < -0.39 is 0 Å². The van der Waals surface area contributed by atoms with Crippen molar-refractivity contribution < 1.29 is 0 Å². The van der Waals surface area contributed by atoms with Gasteiger partial charge in [-0.2, -0.15) is 0 Å². The van der Waals surface area contributed by atoms with E-state index in [-0.39, 0.29) is 0 Å². The SMILES string of the molecule is CC(C)(C)CC(CN)N1CCCCCC1. The van der Waals surface area contributed by atoms with Crippen LogP contribution in [0.4, 0.5) is 0 Å². The number of hydrogen-bond acceptors (Lipinski definition) is 2. The summed E-state index contributed by atoms with van der Waals surface area (Å²) in [6.45, 7) is 10.3. The molecule has 0 saturated carbocycles. The average molecular weight is 212 g/mol. The monoisotopic (exact) mass is 212 g/mol. The van der Waals surface area contributed by atoms with Crippen molar-refractivity contribution in [3.63, 3.8) is 0 Å². The molecule has 2 N–H and O–H groups in total. The van der Waals surface area contributed by atoms with E-state index in [0.717, 1.165) is 6.54 Å². The van der Waals surface area contributed by atoms with Crippen LogP contribution in [0.2, 0.25) is 0 Å². The van der Waals surface area contributed by atoms with Crippen molar-refractivity contribution in [2.45, 2.75) is 58.9 Å². The van der Waals surface area contributed by atoms with Gasteiger partial charge in [0.25, 0.3) is 0 Å². The minimum atomic E-state index is 0.399. The molecule has 1 fully saturated rings. The summed E-state index contributed by atoms with van der Waals surface area (Å²) >= 11 is 0. The van der Waals surface area contributed by atoms with Gasteiger partial charge < -0.3 is 5.73 Å². The topological polar surface area (TPSA) is 29.3 Å². The fourth-order valence-electron chi connectivity index (χ4n) is 2.53. The first-order valence-corrected chi connectivity index (χ1v) is 6.47. The number of nitrogens with two attached hydrogens (primary N) is 1. The second kappa shape index (κ2) is 5.86. The van der Waals surface area contributed by atoms with Gasteiger partial charge in [0.1, 0.15) is 0 Å². The fourth-order valence-corrected chi connectivity index (χ4v) is 2.53. The highest BCUT2D eigenvalue weighted by Crippen LogP contribution is 2.24. The van der Waals surface area contributed by atoms with E-state index in [1.165, 1.54) is 45.2 Å². The van der Waals surface area contributed by atoms with Gasteiger partial charge in [0.2, 0.25) is 0 Å². The van der Waals surface area contributed by atoms with Gasteiger partial charge >= 0.3 is 0 Å². The Hall–Kier alpha value is -0.0800. The molecule has 1 saturated heterocycles. The van der Waals surface area contributed by atoms with Gasteiger partial charge in [0.15, 0.2) is 0 Å². The van der Waals surface area contributed by atoms with E-state index in [9.17, 15) is 0 Å². The van der Waals surface area contributed by atoms with E-state index in [1.54, 1.807) is 0 Å².